The Hall–Kier alpha value is -2.43. The number of aromatic amines is 1. The minimum absolute atomic E-state index is 0.302. The predicted molar refractivity (Wildman–Crippen MR) is 58.9 cm³/mol. The third-order valence-corrected chi connectivity index (χ3v) is 1.86. The smallest absolute Gasteiger partial charge is 0.336 e. The van der Waals surface area contributed by atoms with E-state index in [0.717, 1.165) is 5.39 Å². The van der Waals surface area contributed by atoms with E-state index in [0.29, 0.717) is 5.58 Å². The molecule has 16 heavy (non-hydrogen) atoms. The van der Waals surface area contributed by atoms with Gasteiger partial charge in [0.25, 0.3) is 0 Å². The van der Waals surface area contributed by atoms with Crippen molar-refractivity contribution in [3.05, 3.63) is 59.2 Å². The average molecular weight is 215 g/mol. The Bertz CT molecular complexity index is 584. The van der Waals surface area contributed by atoms with Crippen LogP contribution in [0.25, 0.3) is 11.0 Å². The molecule has 0 aliphatic carbocycles. The van der Waals surface area contributed by atoms with E-state index in [1.807, 2.05) is 18.2 Å². The summed E-state index contributed by atoms with van der Waals surface area (Å²) in [7, 11) is 0. The summed E-state index contributed by atoms with van der Waals surface area (Å²) >= 11 is 0. The van der Waals surface area contributed by atoms with Crippen LogP contribution >= 0.6 is 0 Å². The molecular weight excluding hydrogens is 206 g/mol. The standard InChI is InChI=1S/C9H6O2.C2H3N3/c10-9-6-5-7-3-1-2-4-8(7)11-9;1-2-4-5-3-1/h1-6H;1-2H,(H,3,4,5). The van der Waals surface area contributed by atoms with Gasteiger partial charge in [-0.3, -0.25) is 5.10 Å². The first-order valence-corrected chi connectivity index (χ1v) is 4.65. The fraction of sp³-hybridized carbons (Fsp3) is 0. The zero-order valence-electron chi connectivity index (χ0n) is 8.33. The van der Waals surface area contributed by atoms with Gasteiger partial charge in [-0.05, 0) is 12.1 Å². The highest BCUT2D eigenvalue weighted by atomic mass is 16.4. The second-order valence-electron chi connectivity index (χ2n) is 2.95. The quantitative estimate of drug-likeness (QED) is 0.578. The number of para-hydroxylation sites is 1. The van der Waals surface area contributed by atoms with Crippen molar-refractivity contribution in [3.63, 3.8) is 0 Å². The van der Waals surface area contributed by atoms with Crippen molar-refractivity contribution in [2.75, 3.05) is 0 Å². The maximum atomic E-state index is 10.7. The van der Waals surface area contributed by atoms with Crippen molar-refractivity contribution in [1.29, 1.82) is 0 Å². The molecule has 2 heterocycles. The molecule has 1 N–H and O–H groups in total. The molecule has 0 unspecified atom stereocenters. The summed E-state index contributed by atoms with van der Waals surface area (Å²) in [5.41, 5.74) is 0.337. The van der Waals surface area contributed by atoms with Gasteiger partial charge in [0.2, 0.25) is 0 Å². The molecule has 5 nitrogen and oxygen atoms in total. The molecule has 0 bridgehead atoms. The summed E-state index contributed by atoms with van der Waals surface area (Å²) in [5, 5.41) is 10.2. The second kappa shape index (κ2) is 4.88. The minimum atomic E-state index is -0.302. The molecule has 80 valence electrons. The number of aromatic nitrogens is 3. The molecule has 2 aromatic heterocycles. The van der Waals surface area contributed by atoms with E-state index in [4.69, 9.17) is 4.42 Å². The molecule has 3 rings (SSSR count). The van der Waals surface area contributed by atoms with Crippen molar-refractivity contribution in [3.8, 4) is 0 Å². The lowest BCUT2D eigenvalue weighted by Crippen LogP contribution is -1.93. The Morgan fingerprint density at radius 3 is 2.69 bits per heavy atom. The molecule has 0 radical (unpaired) electrons. The third-order valence-electron chi connectivity index (χ3n) is 1.86. The summed E-state index contributed by atoms with van der Waals surface area (Å²) in [6, 6.07) is 10.6. The van der Waals surface area contributed by atoms with E-state index in [2.05, 4.69) is 15.4 Å². The van der Waals surface area contributed by atoms with Crippen LogP contribution in [0.5, 0.6) is 0 Å². The van der Waals surface area contributed by atoms with Crippen LogP contribution in [0.4, 0.5) is 0 Å². The van der Waals surface area contributed by atoms with Gasteiger partial charge in [0, 0.05) is 17.6 Å². The SMILES string of the molecule is O=c1ccc2ccccc2o1.c1c[nH]nn1. The highest BCUT2D eigenvalue weighted by Crippen LogP contribution is 2.08. The lowest BCUT2D eigenvalue weighted by atomic mass is 10.2. The first kappa shape index (κ1) is 10.1. The normalized spacial score (nSPS) is 9.50. The Morgan fingerprint density at radius 2 is 2.00 bits per heavy atom. The first-order chi connectivity index (χ1) is 7.86. The molecule has 5 heteroatoms. The largest absolute Gasteiger partial charge is 0.423 e. The van der Waals surface area contributed by atoms with Crippen LogP contribution in [0.1, 0.15) is 0 Å². The third kappa shape index (κ3) is 2.54. The average Bonchev–Trinajstić information content (AvgIpc) is 2.87. The van der Waals surface area contributed by atoms with Crippen molar-refractivity contribution in [2.45, 2.75) is 0 Å². The topological polar surface area (TPSA) is 71.8 Å². The zero-order chi connectivity index (χ0) is 11.2. The monoisotopic (exact) mass is 215 g/mol. The van der Waals surface area contributed by atoms with Gasteiger partial charge in [0.15, 0.2) is 0 Å². The van der Waals surface area contributed by atoms with Gasteiger partial charge in [0.05, 0.1) is 6.20 Å². The lowest BCUT2D eigenvalue weighted by Gasteiger charge is -1.91. The molecule has 0 atom stereocenters. The van der Waals surface area contributed by atoms with Crippen LogP contribution in [-0.4, -0.2) is 15.4 Å². The van der Waals surface area contributed by atoms with Crippen molar-refractivity contribution < 1.29 is 4.42 Å². The zero-order valence-corrected chi connectivity index (χ0v) is 8.33. The predicted octanol–water partition coefficient (Wildman–Crippen LogP) is 1.60. The van der Waals surface area contributed by atoms with Crippen LogP contribution in [0.15, 0.2) is 58.0 Å². The van der Waals surface area contributed by atoms with E-state index in [-0.39, 0.29) is 5.63 Å². The van der Waals surface area contributed by atoms with Gasteiger partial charge >= 0.3 is 5.63 Å². The number of nitrogens with one attached hydrogen (secondary N) is 1. The van der Waals surface area contributed by atoms with Gasteiger partial charge in [-0.15, -0.1) is 5.10 Å². The van der Waals surface area contributed by atoms with Gasteiger partial charge in [-0.25, -0.2) is 4.79 Å². The number of hydrogen-bond acceptors (Lipinski definition) is 4. The van der Waals surface area contributed by atoms with Gasteiger partial charge in [0.1, 0.15) is 5.58 Å². The fourth-order valence-corrected chi connectivity index (χ4v) is 1.18. The Balaban J connectivity index is 0.000000162. The lowest BCUT2D eigenvalue weighted by molar-refractivity contribution is 0.561. The van der Waals surface area contributed by atoms with Crippen LogP contribution in [-0.2, 0) is 0 Å². The molecule has 1 aromatic carbocycles. The number of benzene rings is 1. The molecule has 0 amide bonds. The molecule has 3 aromatic rings. The molecular formula is C11H9N3O2. The number of hydrogen-bond donors (Lipinski definition) is 1. The maximum absolute atomic E-state index is 10.7. The van der Waals surface area contributed by atoms with E-state index >= 15 is 0 Å². The number of rotatable bonds is 0. The molecule has 0 aliphatic rings. The summed E-state index contributed by atoms with van der Waals surface area (Å²) in [4.78, 5) is 10.7. The van der Waals surface area contributed by atoms with Crippen molar-refractivity contribution >= 4 is 11.0 Å². The highest BCUT2D eigenvalue weighted by molar-refractivity contribution is 5.75. The minimum Gasteiger partial charge on any atom is -0.423 e. The fourth-order valence-electron chi connectivity index (χ4n) is 1.18. The number of fused-ring (bicyclic) bond motifs is 1. The van der Waals surface area contributed by atoms with E-state index in [1.54, 1.807) is 24.5 Å². The van der Waals surface area contributed by atoms with E-state index in [1.165, 1.54) is 6.07 Å². The van der Waals surface area contributed by atoms with Crippen LogP contribution < -0.4 is 5.63 Å². The molecule has 0 aliphatic heterocycles. The number of nitrogens with zero attached hydrogens (tertiary/aromatic N) is 2. The molecule has 0 saturated carbocycles. The molecule has 0 fully saturated rings. The first-order valence-electron chi connectivity index (χ1n) is 4.65. The van der Waals surface area contributed by atoms with Gasteiger partial charge < -0.3 is 4.42 Å². The second-order valence-corrected chi connectivity index (χ2v) is 2.95. The molecule has 0 saturated heterocycles. The Kier molecular flexibility index (Phi) is 3.08. The van der Waals surface area contributed by atoms with Crippen LogP contribution in [0, 0.1) is 0 Å². The van der Waals surface area contributed by atoms with Crippen molar-refractivity contribution in [1.82, 2.24) is 15.4 Å². The summed E-state index contributed by atoms with van der Waals surface area (Å²) in [6.07, 6.45) is 3.24. The highest BCUT2D eigenvalue weighted by Gasteiger charge is 1.92. The summed E-state index contributed by atoms with van der Waals surface area (Å²) in [5.74, 6) is 0. The van der Waals surface area contributed by atoms with E-state index in [9.17, 15) is 4.79 Å². The Morgan fingerprint density at radius 1 is 1.12 bits per heavy atom. The summed E-state index contributed by atoms with van der Waals surface area (Å²) in [6.45, 7) is 0. The summed E-state index contributed by atoms with van der Waals surface area (Å²) < 4.78 is 4.91. The van der Waals surface area contributed by atoms with Crippen LogP contribution in [0.2, 0.25) is 0 Å². The number of H-pyrrole nitrogens is 1. The Labute approximate surface area is 90.7 Å². The molecule has 0 spiro atoms. The van der Waals surface area contributed by atoms with Gasteiger partial charge in [-0.2, -0.15) is 0 Å². The maximum Gasteiger partial charge on any atom is 0.336 e. The van der Waals surface area contributed by atoms with Crippen molar-refractivity contribution in [2.24, 2.45) is 0 Å². The van der Waals surface area contributed by atoms with Gasteiger partial charge in [-0.1, -0.05) is 23.4 Å². The van der Waals surface area contributed by atoms with E-state index < -0.39 is 0 Å². The van der Waals surface area contributed by atoms with Crippen LogP contribution in [0.3, 0.4) is 0 Å².